The molecule has 2 heteroatoms. The Bertz CT molecular complexity index is 236. The van der Waals surface area contributed by atoms with Gasteiger partial charge < -0.3 is 4.74 Å². The molecule has 3 unspecified atom stereocenters. The minimum atomic E-state index is -0.556. The van der Waals surface area contributed by atoms with Crippen LogP contribution in [0.3, 0.4) is 0 Å². The van der Waals surface area contributed by atoms with Crippen LogP contribution in [0.1, 0.15) is 26.2 Å². The van der Waals surface area contributed by atoms with E-state index >= 15 is 0 Å². The molecular weight excluding hydrogens is 188 g/mol. The molecule has 0 aromatic carbocycles. The van der Waals surface area contributed by atoms with Gasteiger partial charge in [-0.25, -0.2) is 0 Å². The molecule has 0 amide bonds. The topological polar surface area (TPSA) is 9.23 Å². The van der Waals surface area contributed by atoms with Crippen molar-refractivity contribution in [3.63, 3.8) is 0 Å². The molecule has 0 saturated heterocycles. The Labute approximate surface area is 89.1 Å². The van der Waals surface area contributed by atoms with E-state index in [-0.39, 0.29) is 0 Å². The quantitative estimate of drug-likeness (QED) is 0.512. The van der Waals surface area contributed by atoms with E-state index in [0.29, 0.717) is 11.1 Å². The molecule has 1 saturated carbocycles. The number of fused-ring (bicyclic) bond motifs is 2. The van der Waals surface area contributed by atoms with Gasteiger partial charge in [0.1, 0.15) is 0 Å². The first-order valence-electron chi connectivity index (χ1n) is 5.99. The lowest BCUT2D eigenvalue weighted by Crippen LogP contribution is -2.25. The third-order valence-corrected chi connectivity index (χ3v) is 7.00. The molecule has 14 heavy (non-hydrogen) atoms. The highest BCUT2D eigenvalue weighted by Gasteiger charge is 2.49. The molecule has 1 nitrogen and oxygen atoms in total. The highest BCUT2D eigenvalue weighted by Crippen LogP contribution is 2.57. The summed E-state index contributed by atoms with van der Waals surface area (Å²) >= 11 is 0. The van der Waals surface area contributed by atoms with Crippen molar-refractivity contribution in [2.45, 2.75) is 50.4 Å². The van der Waals surface area contributed by atoms with E-state index in [2.05, 4.69) is 32.2 Å². The Morgan fingerprint density at radius 3 is 2.79 bits per heavy atom. The maximum Gasteiger partial charge on any atom is 0.0643 e. The largest absolute Gasteiger partial charge is 0.378 e. The number of ether oxygens (including phenoxy) is 1. The van der Waals surface area contributed by atoms with Crippen LogP contribution in [-0.2, 0) is 4.74 Å². The Hall–Kier alpha value is -0.0831. The predicted molar refractivity (Wildman–Crippen MR) is 63.5 cm³/mol. The van der Waals surface area contributed by atoms with Gasteiger partial charge in [-0.15, -0.1) is 0 Å². The van der Waals surface area contributed by atoms with Crippen molar-refractivity contribution >= 4 is 8.80 Å². The van der Waals surface area contributed by atoms with E-state index < -0.39 is 8.80 Å². The summed E-state index contributed by atoms with van der Waals surface area (Å²) in [5.41, 5.74) is 0. The SMILES string of the molecule is CCCOC1CC2([SiH](C)C)C=CC1C2. The van der Waals surface area contributed by atoms with Gasteiger partial charge in [-0.3, -0.25) is 0 Å². The molecule has 0 spiro atoms. The molecule has 0 aromatic rings. The van der Waals surface area contributed by atoms with Crippen LogP contribution in [0.2, 0.25) is 18.1 Å². The minimum Gasteiger partial charge on any atom is -0.378 e. The summed E-state index contributed by atoms with van der Waals surface area (Å²) in [5.74, 6) is 0.747. The van der Waals surface area contributed by atoms with Gasteiger partial charge in [0.15, 0.2) is 0 Å². The smallest absolute Gasteiger partial charge is 0.0643 e. The van der Waals surface area contributed by atoms with E-state index in [1.165, 1.54) is 12.8 Å². The van der Waals surface area contributed by atoms with Crippen LogP contribution < -0.4 is 0 Å². The molecule has 2 aliphatic carbocycles. The molecule has 0 aliphatic heterocycles. The summed E-state index contributed by atoms with van der Waals surface area (Å²) in [5, 5.41) is 0.614. The summed E-state index contributed by atoms with van der Waals surface area (Å²) < 4.78 is 5.93. The van der Waals surface area contributed by atoms with E-state index in [1.54, 1.807) is 0 Å². The van der Waals surface area contributed by atoms with Gasteiger partial charge in [0.05, 0.1) is 6.10 Å². The van der Waals surface area contributed by atoms with Crippen molar-refractivity contribution in [3.8, 4) is 0 Å². The summed E-state index contributed by atoms with van der Waals surface area (Å²) in [6.45, 7) is 8.10. The molecule has 0 N–H and O–H groups in total. The maximum absolute atomic E-state index is 5.93. The number of allylic oxidation sites excluding steroid dienone is 1. The Kier molecular flexibility index (Phi) is 2.85. The Morgan fingerprint density at radius 1 is 1.43 bits per heavy atom. The van der Waals surface area contributed by atoms with E-state index in [0.717, 1.165) is 18.9 Å². The molecular formula is C12H22OSi. The van der Waals surface area contributed by atoms with Gasteiger partial charge in [-0.05, 0) is 24.3 Å². The summed E-state index contributed by atoms with van der Waals surface area (Å²) in [7, 11) is -0.556. The van der Waals surface area contributed by atoms with Crippen LogP contribution >= 0.6 is 0 Å². The van der Waals surface area contributed by atoms with Crippen molar-refractivity contribution in [2.24, 2.45) is 5.92 Å². The normalized spacial score (nSPS) is 40.0. The zero-order chi connectivity index (χ0) is 10.2. The van der Waals surface area contributed by atoms with Gasteiger partial charge in [-0.1, -0.05) is 32.2 Å². The van der Waals surface area contributed by atoms with E-state index in [9.17, 15) is 0 Å². The average Bonchev–Trinajstić information content (AvgIpc) is 2.72. The minimum absolute atomic E-state index is 0.551. The number of hydrogen-bond acceptors (Lipinski definition) is 1. The Balaban J connectivity index is 1.99. The lowest BCUT2D eigenvalue weighted by molar-refractivity contribution is 0.0374. The fraction of sp³-hybridized carbons (Fsp3) is 0.833. The van der Waals surface area contributed by atoms with Crippen LogP contribution in [0, 0.1) is 5.92 Å². The monoisotopic (exact) mass is 210 g/mol. The third kappa shape index (κ3) is 1.59. The number of rotatable bonds is 4. The van der Waals surface area contributed by atoms with Gasteiger partial charge in [0.25, 0.3) is 0 Å². The summed E-state index contributed by atoms with van der Waals surface area (Å²) in [4.78, 5) is 0. The lowest BCUT2D eigenvalue weighted by Gasteiger charge is -2.29. The first-order valence-corrected chi connectivity index (χ1v) is 8.87. The molecule has 0 heterocycles. The average molecular weight is 210 g/mol. The second kappa shape index (κ2) is 3.82. The standard InChI is InChI=1S/C12H22OSi/c1-4-7-13-11-9-12(14(2)3)6-5-10(11)8-12/h5-6,10-11,14H,4,7-9H2,1-3H3. The van der Waals surface area contributed by atoms with Crippen LogP contribution in [-0.4, -0.2) is 21.5 Å². The van der Waals surface area contributed by atoms with E-state index in [1.807, 2.05) is 0 Å². The fourth-order valence-electron chi connectivity index (χ4n) is 2.94. The third-order valence-electron chi connectivity index (χ3n) is 4.04. The lowest BCUT2D eigenvalue weighted by atomic mass is 10.0. The number of hydrogen-bond donors (Lipinski definition) is 0. The van der Waals surface area contributed by atoms with Crippen molar-refractivity contribution in [1.82, 2.24) is 0 Å². The van der Waals surface area contributed by atoms with Crippen molar-refractivity contribution in [1.29, 1.82) is 0 Å². The highest BCUT2D eigenvalue weighted by atomic mass is 28.3. The van der Waals surface area contributed by atoms with Crippen LogP contribution in [0.25, 0.3) is 0 Å². The van der Waals surface area contributed by atoms with E-state index in [4.69, 9.17) is 4.74 Å². The molecule has 2 bridgehead atoms. The fourth-order valence-corrected chi connectivity index (χ4v) is 4.88. The van der Waals surface area contributed by atoms with Gasteiger partial charge in [0.2, 0.25) is 0 Å². The van der Waals surface area contributed by atoms with Crippen molar-refractivity contribution in [2.75, 3.05) is 6.61 Å². The summed E-state index contributed by atoms with van der Waals surface area (Å²) in [6, 6.07) is 0. The zero-order valence-electron chi connectivity index (χ0n) is 9.62. The highest BCUT2D eigenvalue weighted by molar-refractivity contribution is 6.60. The van der Waals surface area contributed by atoms with Crippen LogP contribution in [0.5, 0.6) is 0 Å². The second-order valence-corrected chi connectivity index (χ2v) is 8.69. The molecule has 0 aromatic heterocycles. The molecule has 80 valence electrons. The predicted octanol–water partition coefficient (Wildman–Crippen LogP) is 2.99. The molecule has 3 atom stereocenters. The van der Waals surface area contributed by atoms with Crippen LogP contribution in [0.4, 0.5) is 0 Å². The van der Waals surface area contributed by atoms with Crippen molar-refractivity contribution in [3.05, 3.63) is 12.2 Å². The van der Waals surface area contributed by atoms with Crippen LogP contribution in [0.15, 0.2) is 12.2 Å². The molecule has 2 aliphatic rings. The van der Waals surface area contributed by atoms with Gasteiger partial charge >= 0.3 is 0 Å². The zero-order valence-corrected chi connectivity index (χ0v) is 10.8. The first kappa shape index (κ1) is 10.4. The Morgan fingerprint density at radius 2 is 2.21 bits per heavy atom. The summed E-state index contributed by atoms with van der Waals surface area (Å²) in [6.07, 6.45) is 9.36. The molecule has 2 rings (SSSR count). The van der Waals surface area contributed by atoms with Gasteiger partial charge in [0, 0.05) is 21.3 Å². The second-order valence-electron chi connectivity index (χ2n) is 5.23. The molecule has 1 fully saturated rings. The first-order chi connectivity index (χ1) is 6.68. The molecule has 0 radical (unpaired) electrons. The maximum atomic E-state index is 5.93. The van der Waals surface area contributed by atoms with Crippen molar-refractivity contribution < 1.29 is 4.74 Å². The van der Waals surface area contributed by atoms with Gasteiger partial charge in [-0.2, -0.15) is 0 Å².